The number of carbonyl (C=O) groups excluding carboxylic acids is 1. The third kappa shape index (κ3) is 3.04. The van der Waals surface area contributed by atoms with Crippen LogP contribution in [0.15, 0.2) is 61.7 Å². The highest BCUT2D eigenvalue weighted by Crippen LogP contribution is 2.42. The first-order chi connectivity index (χ1) is 12.7. The molecule has 130 valence electrons. The highest BCUT2D eigenvalue weighted by molar-refractivity contribution is 7.16. The van der Waals surface area contributed by atoms with Crippen LogP contribution >= 0.6 is 22.9 Å². The minimum absolute atomic E-state index is 0.0443. The van der Waals surface area contributed by atoms with Crippen LogP contribution in [0.25, 0.3) is 11.1 Å². The second-order valence-electron chi connectivity index (χ2n) is 6.12. The summed E-state index contributed by atoms with van der Waals surface area (Å²) in [5.41, 5.74) is 4.36. The Kier molecular flexibility index (Phi) is 4.57. The average molecular weight is 382 g/mol. The van der Waals surface area contributed by atoms with E-state index in [1.807, 2.05) is 35.5 Å². The van der Waals surface area contributed by atoms with Gasteiger partial charge in [0, 0.05) is 35.3 Å². The SMILES string of the molecule is C=CC(=O)N1Cc2sc(Cl)cc2[C@@H](c2ccccc2-c2cncnc2)C1. The molecule has 3 heterocycles. The smallest absolute Gasteiger partial charge is 0.246 e. The highest BCUT2D eigenvalue weighted by Gasteiger charge is 2.31. The van der Waals surface area contributed by atoms with Crippen LogP contribution in [-0.2, 0) is 11.3 Å². The summed E-state index contributed by atoms with van der Waals surface area (Å²) in [6.07, 6.45) is 6.51. The highest BCUT2D eigenvalue weighted by atomic mass is 35.5. The molecule has 0 fully saturated rings. The van der Waals surface area contributed by atoms with E-state index < -0.39 is 0 Å². The molecule has 1 aliphatic rings. The lowest BCUT2D eigenvalue weighted by Crippen LogP contribution is -2.37. The fourth-order valence-electron chi connectivity index (χ4n) is 3.45. The summed E-state index contributed by atoms with van der Waals surface area (Å²) in [6, 6.07) is 10.2. The molecule has 1 amide bonds. The Balaban J connectivity index is 1.84. The summed E-state index contributed by atoms with van der Waals surface area (Å²) in [5.74, 6) is -0.0199. The number of thiophene rings is 1. The molecule has 2 aromatic heterocycles. The van der Waals surface area contributed by atoms with Crippen LogP contribution in [0.5, 0.6) is 0 Å². The maximum atomic E-state index is 12.3. The number of fused-ring (bicyclic) bond motifs is 1. The zero-order valence-electron chi connectivity index (χ0n) is 13.9. The maximum absolute atomic E-state index is 12.3. The van der Waals surface area contributed by atoms with Crippen LogP contribution in [-0.4, -0.2) is 27.3 Å². The molecule has 0 aliphatic carbocycles. The van der Waals surface area contributed by atoms with Gasteiger partial charge >= 0.3 is 0 Å². The molecule has 1 aliphatic heterocycles. The van der Waals surface area contributed by atoms with E-state index in [9.17, 15) is 4.79 Å². The number of hydrogen-bond donors (Lipinski definition) is 0. The van der Waals surface area contributed by atoms with Gasteiger partial charge in [0.1, 0.15) is 6.33 Å². The van der Waals surface area contributed by atoms with Crippen molar-refractivity contribution < 1.29 is 4.79 Å². The molecule has 0 radical (unpaired) electrons. The normalized spacial score (nSPS) is 16.2. The molecule has 26 heavy (non-hydrogen) atoms. The molecule has 4 rings (SSSR count). The van der Waals surface area contributed by atoms with Crippen LogP contribution in [0.3, 0.4) is 0 Å². The summed E-state index contributed by atoms with van der Waals surface area (Å²) < 4.78 is 0.744. The van der Waals surface area contributed by atoms with Gasteiger partial charge in [-0.1, -0.05) is 42.4 Å². The van der Waals surface area contributed by atoms with Crippen LogP contribution in [0.1, 0.15) is 21.9 Å². The Morgan fingerprint density at radius 2 is 2.04 bits per heavy atom. The number of aromatic nitrogens is 2. The van der Waals surface area contributed by atoms with E-state index in [1.165, 1.54) is 29.3 Å². The molecule has 6 heteroatoms. The first-order valence-electron chi connectivity index (χ1n) is 8.21. The van der Waals surface area contributed by atoms with Gasteiger partial charge in [-0.2, -0.15) is 0 Å². The zero-order chi connectivity index (χ0) is 18.1. The number of carbonyl (C=O) groups is 1. The van der Waals surface area contributed by atoms with Gasteiger partial charge in [0.2, 0.25) is 5.91 Å². The van der Waals surface area contributed by atoms with Crippen LogP contribution in [0.2, 0.25) is 4.34 Å². The Bertz CT molecular complexity index is 970. The monoisotopic (exact) mass is 381 g/mol. The molecular formula is C20H16ClN3OS. The van der Waals surface area contributed by atoms with Crippen molar-refractivity contribution in [3.05, 3.63) is 82.0 Å². The molecule has 1 atom stereocenters. The molecular weight excluding hydrogens is 366 g/mol. The maximum Gasteiger partial charge on any atom is 0.246 e. The fraction of sp³-hybridized carbons (Fsp3) is 0.150. The van der Waals surface area contributed by atoms with E-state index in [0.29, 0.717) is 13.1 Å². The van der Waals surface area contributed by atoms with Gasteiger partial charge in [0.15, 0.2) is 0 Å². The van der Waals surface area contributed by atoms with Gasteiger partial charge in [-0.15, -0.1) is 11.3 Å². The minimum atomic E-state index is -0.0642. The van der Waals surface area contributed by atoms with Gasteiger partial charge in [-0.05, 0) is 28.8 Å². The molecule has 0 saturated heterocycles. The third-order valence-corrected chi connectivity index (χ3v) is 5.88. The fourth-order valence-corrected chi connectivity index (χ4v) is 4.81. The molecule has 0 saturated carbocycles. The number of rotatable bonds is 3. The second kappa shape index (κ2) is 7.02. The summed E-state index contributed by atoms with van der Waals surface area (Å²) in [7, 11) is 0. The number of halogens is 1. The van der Waals surface area contributed by atoms with Crippen molar-refractivity contribution in [3.63, 3.8) is 0 Å². The average Bonchev–Trinajstić information content (AvgIpc) is 3.07. The lowest BCUT2D eigenvalue weighted by molar-refractivity contribution is -0.127. The molecule has 0 spiro atoms. The zero-order valence-corrected chi connectivity index (χ0v) is 15.5. The Labute approximate surface area is 160 Å². The van der Waals surface area contributed by atoms with Gasteiger partial charge in [0.25, 0.3) is 0 Å². The first-order valence-corrected chi connectivity index (χ1v) is 9.40. The number of hydrogen-bond acceptors (Lipinski definition) is 4. The standard InChI is InChI=1S/C20H16ClN3OS/c1-2-20(25)24-10-17(16-7-19(21)26-18(16)11-24)15-6-4-3-5-14(15)13-8-22-12-23-9-13/h2-9,12,17H,1,10-11H2/t17-/m1/s1. The summed E-state index contributed by atoms with van der Waals surface area (Å²) in [6.45, 7) is 4.80. The summed E-state index contributed by atoms with van der Waals surface area (Å²) in [4.78, 5) is 23.5. The Morgan fingerprint density at radius 1 is 1.27 bits per heavy atom. The van der Waals surface area contributed by atoms with E-state index in [-0.39, 0.29) is 11.8 Å². The molecule has 0 unspecified atom stereocenters. The summed E-state index contributed by atoms with van der Waals surface area (Å²) in [5, 5.41) is 0. The van der Waals surface area contributed by atoms with Crippen LogP contribution in [0.4, 0.5) is 0 Å². The van der Waals surface area contributed by atoms with Crippen molar-refractivity contribution in [1.29, 1.82) is 0 Å². The van der Waals surface area contributed by atoms with Crippen molar-refractivity contribution >= 4 is 28.8 Å². The number of amides is 1. The Morgan fingerprint density at radius 3 is 2.81 bits per heavy atom. The minimum Gasteiger partial charge on any atom is -0.333 e. The molecule has 0 bridgehead atoms. The number of nitrogens with zero attached hydrogens (tertiary/aromatic N) is 3. The van der Waals surface area contributed by atoms with Crippen molar-refractivity contribution in [2.24, 2.45) is 0 Å². The van der Waals surface area contributed by atoms with E-state index in [0.717, 1.165) is 25.9 Å². The lowest BCUT2D eigenvalue weighted by atomic mass is 9.84. The molecule has 3 aromatic rings. The van der Waals surface area contributed by atoms with Crippen molar-refractivity contribution in [2.75, 3.05) is 6.54 Å². The van der Waals surface area contributed by atoms with Crippen LogP contribution < -0.4 is 0 Å². The largest absolute Gasteiger partial charge is 0.333 e. The first kappa shape index (κ1) is 16.9. The number of benzene rings is 1. The third-order valence-electron chi connectivity index (χ3n) is 4.62. The predicted molar refractivity (Wildman–Crippen MR) is 104 cm³/mol. The van der Waals surface area contributed by atoms with E-state index in [2.05, 4.69) is 28.7 Å². The van der Waals surface area contributed by atoms with E-state index in [1.54, 1.807) is 0 Å². The summed E-state index contributed by atoms with van der Waals surface area (Å²) >= 11 is 7.83. The van der Waals surface area contributed by atoms with Gasteiger partial charge < -0.3 is 4.90 Å². The molecule has 4 nitrogen and oxygen atoms in total. The lowest BCUT2D eigenvalue weighted by Gasteiger charge is -2.33. The van der Waals surface area contributed by atoms with E-state index >= 15 is 0 Å². The quantitative estimate of drug-likeness (QED) is 0.626. The van der Waals surface area contributed by atoms with Crippen molar-refractivity contribution in [1.82, 2.24) is 14.9 Å². The topological polar surface area (TPSA) is 46.1 Å². The van der Waals surface area contributed by atoms with Crippen molar-refractivity contribution in [3.8, 4) is 11.1 Å². The molecule has 0 N–H and O–H groups in total. The Hall–Kier alpha value is -2.50. The van der Waals surface area contributed by atoms with Crippen LogP contribution in [0, 0.1) is 0 Å². The predicted octanol–water partition coefficient (Wildman–Crippen LogP) is 4.52. The van der Waals surface area contributed by atoms with Gasteiger partial charge in [-0.25, -0.2) is 9.97 Å². The van der Waals surface area contributed by atoms with Gasteiger partial charge in [0.05, 0.1) is 10.9 Å². The molecule has 1 aromatic carbocycles. The van der Waals surface area contributed by atoms with Gasteiger partial charge in [-0.3, -0.25) is 4.79 Å². The van der Waals surface area contributed by atoms with Crippen molar-refractivity contribution in [2.45, 2.75) is 12.5 Å². The second-order valence-corrected chi connectivity index (χ2v) is 7.89. The van der Waals surface area contributed by atoms with E-state index in [4.69, 9.17) is 11.6 Å².